The van der Waals surface area contributed by atoms with Crippen molar-refractivity contribution in [2.75, 3.05) is 6.61 Å². The molecule has 0 radical (unpaired) electrons. The predicted octanol–water partition coefficient (Wildman–Crippen LogP) is 1.93. The largest absolute Gasteiger partial charge is 0.394 e. The lowest BCUT2D eigenvalue weighted by atomic mass is 9.83. The molecule has 0 spiro atoms. The number of sulfonamides is 1. The Labute approximate surface area is 110 Å². The van der Waals surface area contributed by atoms with Gasteiger partial charge in [0.2, 0.25) is 10.0 Å². The van der Waals surface area contributed by atoms with Gasteiger partial charge < -0.3 is 5.11 Å². The fourth-order valence-corrected chi connectivity index (χ4v) is 5.27. The molecule has 4 nitrogen and oxygen atoms in total. The third-order valence-corrected chi connectivity index (χ3v) is 6.53. The molecule has 2 aliphatic carbocycles. The van der Waals surface area contributed by atoms with Gasteiger partial charge >= 0.3 is 0 Å². The maximum Gasteiger partial charge on any atom is 0.215 e. The number of aliphatic hydroxyl groups is 1. The standard InChI is InChI=1S/C13H25NO3S/c15-11-13(9-5-2-6-10-13)14-18(16,17)12-7-3-1-4-8-12/h12,14-15H,1-11H2. The zero-order valence-electron chi connectivity index (χ0n) is 11.0. The normalized spacial score (nSPS) is 26.1. The van der Waals surface area contributed by atoms with Gasteiger partial charge in [-0.2, -0.15) is 0 Å². The highest BCUT2D eigenvalue weighted by Crippen LogP contribution is 2.31. The van der Waals surface area contributed by atoms with Crippen LogP contribution in [0.5, 0.6) is 0 Å². The van der Waals surface area contributed by atoms with E-state index in [-0.39, 0.29) is 11.9 Å². The van der Waals surface area contributed by atoms with Crippen molar-refractivity contribution in [2.45, 2.75) is 75.0 Å². The summed E-state index contributed by atoms with van der Waals surface area (Å²) in [5.74, 6) is 0. The Bertz CT molecular complexity index is 354. The molecular formula is C13H25NO3S. The van der Waals surface area contributed by atoms with Crippen LogP contribution in [0.1, 0.15) is 64.2 Å². The summed E-state index contributed by atoms with van der Waals surface area (Å²) in [6, 6.07) is 0. The summed E-state index contributed by atoms with van der Waals surface area (Å²) in [6.07, 6.45) is 9.43. The van der Waals surface area contributed by atoms with Crippen molar-refractivity contribution in [3.8, 4) is 0 Å². The molecule has 0 amide bonds. The second-order valence-electron chi connectivity index (χ2n) is 5.91. The van der Waals surface area contributed by atoms with E-state index in [9.17, 15) is 13.5 Å². The van der Waals surface area contributed by atoms with Gasteiger partial charge in [0, 0.05) is 0 Å². The second kappa shape index (κ2) is 5.88. The quantitative estimate of drug-likeness (QED) is 0.824. The molecule has 0 aromatic carbocycles. The van der Waals surface area contributed by atoms with Crippen LogP contribution in [0.4, 0.5) is 0 Å². The molecule has 2 saturated carbocycles. The van der Waals surface area contributed by atoms with Crippen LogP contribution in [-0.4, -0.2) is 30.9 Å². The Balaban J connectivity index is 2.05. The van der Waals surface area contributed by atoms with Crippen molar-refractivity contribution in [2.24, 2.45) is 0 Å². The first-order chi connectivity index (χ1) is 8.58. The lowest BCUT2D eigenvalue weighted by Gasteiger charge is -2.37. The van der Waals surface area contributed by atoms with Crippen molar-refractivity contribution in [1.29, 1.82) is 0 Å². The SMILES string of the molecule is O=S(=O)(NC1(CO)CCCCC1)C1CCCCC1. The highest BCUT2D eigenvalue weighted by molar-refractivity contribution is 7.90. The Hall–Kier alpha value is -0.130. The van der Waals surface area contributed by atoms with Crippen LogP contribution >= 0.6 is 0 Å². The first-order valence-corrected chi connectivity index (χ1v) is 8.76. The average molecular weight is 275 g/mol. The smallest absolute Gasteiger partial charge is 0.215 e. The van der Waals surface area contributed by atoms with Crippen LogP contribution in [-0.2, 0) is 10.0 Å². The van der Waals surface area contributed by atoms with Gasteiger partial charge in [0.1, 0.15) is 0 Å². The van der Waals surface area contributed by atoms with Crippen LogP contribution in [0.2, 0.25) is 0 Å². The number of nitrogens with one attached hydrogen (secondary N) is 1. The first kappa shape index (κ1) is 14.3. The zero-order chi connectivity index (χ0) is 13.1. The fraction of sp³-hybridized carbons (Fsp3) is 1.00. The van der Waals surface area contributed by atoms with Crippen molar-refractivity contribution >= 4 is 10.0 Å². The molecule has 0 aliphatic heterocycles. The minimum absolute atomic E-state index is 0.0705. The topological polar surface area (TPSA) is 66.4 Å². The molecule has 106 valence electrons. The van der Waals surface area contributed by atoms with Crippen molar-refractivity contribution in [3.63, 3.8) is 0 Å². The monoisotopic (exact) mass is 275 g/mol. The van der Waals surface area contributed by atoms with Gasteiger partial charge in [-0.25, -0.2) is 13.1 Å². The Morgan fingerprint density at radius 2 is 1.56 bits per heavy atom. The summed E-state index contributed by atoms with van der Waals surface area (Å²) in [6.45, 7) is -0.0705. The predicted molar refractivity (Wildman–Crippen MR) is 71.8 cm³/mol. The first-order valence-electron chi connectivity index (χ1n) is 7.22. The van der Waals surface area contributed by atoms with E-state index in [1.807, 2.05) is 0 Å². The van der Waals surface area contributed by atoms with E-state index in [1.54, 1.807) is 0 Å². The number of aliphatic hydroxyl groups excluding tert-OH is 1. The minimum atomic E-state index is -3.26. The molecule has 0 aromatic rings. The lowest BCUT2D eigenvalue weighted by molar-refractivity contribution is 0.141. The Morgan fingerprint density at radius 1 is 1.00 bits per heavy atom. The van der Waals surface area contributed by atoms with E-state index in [4.69, 9.17) is 0 Å². The molecule has 2 rings (SSSR count). The van der Waals surface area contributed by atoms with Gasteiger partial charge in [0.05, 0.1) is 17.4 Å². The third kappa shape index (κ3) is 3.25. The molecule has 0 aromatic heterocycles. The van der Waals surface area contributed by atoms with Crippen molar-refractivity contribution < 1.29 is 13.5 Å². The molecule has 2 aliphatic rings. The van der Waals surface area contributed by atoms with Gasteiger partial charge in [0.25, 0.3) is 0 Å². The summed E-state index contributed by atoms with van der Waals surface area (Å²) in [5.41, 5.74) is -0.575. The summed E-state index contributed by atoms with van der Waals surface area (Å²) < 4.78 is 27.6. The van der Waals surface area contributed by atoms with Crippen molar-refractivity contribution in [3.05, 3.63) is 0 Å². The number of hydrogen-bond acceptors (Lipinski definition) is 3. The number of hydrogen-bond donors (Lipinski definition) is 2. The molecule has 0 saturated heterocycles. The summed E-state index contributed by atoms with van der Waals surface area (Å²) in [4.78, 5) is 0. The second-order valence-corrected chi connectivity index (χ2v) is 7.87. The molecule has 2 fully saturated rings. The van der Waals surface area contributed by atoms with Crippen molar-refractivity contribution in [1.82, 2.24) is 4.72 Å². The van der Waals surface area contributed by atoms with Gasteiger partial charge in [-0.1, -0.05) is 38.5 Å². The summed E-state index contributed by atoms with van der Waals surface area (Å²) >= 11 is 0. The van der Waals surface area contributed by atoms with E-state index in [0.717, 1.165) is 64.2 Å². The van der Waals surface area contributed by atoms with E-state index in [0.29, 0.717) is 0 Å². The molecule has 0 bridgehead atoms. The molecule has 18 heavy (non-hydrogen) atoms. The Kier molecular flexibility index (Phi) is 4.67. The van der Waals surface area contributed by atoms with Gasteiger partial charge in [-0.15, -0.1) is 0 Å². The van der Waals surface area contributed by atoms with E-state index < -0.39 is 15.6 Å². The third-order valence-electron chi connectivity index (χ3n) is 4.46. The molecule has 2 N–H and O–H groups in total. The van der Waals surface area contributed by atoms with Gasteiger partial charge in [0.15, 0.2) is 0 Å². The summed E-state index contributed by atoms with van der Waals surface area (Å²) in [5, 5.41) is 9.34. The highest BCUT2D eigenvalue weighted by atomic mass is 32.2. The fourth-order valence-electron chi connectivity index (χ4n) is 3.28. The highest BCUT2D eigenvalue weighted by Gasteiger charge is 2.38. The van der Waals surface area contributed by atoms with Gasteiger partial charge in [-0.3, -0.25) is 0 Å². The zero-order valence-corrected chi connectivity index (χ0v) is 11.8. The van der Waals surface area contributed by atoms with Crippen LogP contribution in [0.3, 0.4) is 0 Å². The maximum atomic E-state index is 12.4. The lowest BCUT2D eigenvalue weighted by Crippen LogP contribution is -2.54. The van der Waals surface area contributed by atoms with Gasteiger partial charge in [-0.05, 0) is 25.7 Å². The van der Waals surface area contributed by atoms with E-state index >= 15 is 0 Å². The molecular weight excluding hydrogens is 250 g/mol. The van der Waals surface area contributed by atoms with Crippen LogP contribution in [0, 0.1) is 0 Å². The minimum Gasteiger partial charge on any atom is -0.394 e. The number of rotatable bonds is 4. The molecule has 0 heterocycles. The van der Waals surface area contributed by atoms with E-state index in [2.05, 4.69) is 4.72 Å². The molecule has 0 atom stereocenters. The van der Waals surface area contributed by atoms with Crippen LogP contribution < -0.4 is 4.72 Å². The van der Waals surface area contributed by atoms with E-state index in [1.165, 1.54) is 0 Å². The average Bonchev–Trinajstić information content (AvgIpc) is 2.40. The van der Waals surface area contributed by atoms with Crippen LogP contribution in [0.25, 0.3) is 0 Å². The molecule has 5 heteroatoms. The maximum absolute atomic E-state index is 12.4. The summed E-state index contributed by atoms with van der Waals surface area (Å²) in [7, 11) is -3.26. The van der Waals surface area contributed by atoms with Crippen LogP contribution in [0.15, 0.2) is 0 Å². The Morgan fingerprint density at radius 3 is 2.11 bits per heavy atom. The molecule has 0 unspecified atom stereocenters.